The SMILES string of the molecule is CCCCCCCCCCCCC/C=C/CCC1=NCC[N+]1(CC)CCO. The monoisotopic (exact) mass is 379 g/mol. The highest BCUT2D eigenvalue weighted by Gasteiger charge is 2.35. The van der Waals surface area contributed by atoms with Crippen LogP contribution in [0.5, 0.6) is 0 Å². The predicted octanol–water partition coefficient (Wildman–Crippen LogP) is 6.27. The van der Waals surface area contributed by atoms with Gasteiger partial charge in [-0.15, -0.1) is 0 Å². The van der Waals surface area contributed by atoms with Crippen molar-refractivity contribution in [2.24, 2.45) is 4.99 Å². The molecule has 27 heavy (non-hydrogen) atoms. The van der Waals surface area contributed by atoms with Gasteiger partial charge in [0.05, 0.1) is 19.7 Å². The molecule has 0 radical (unpaired) electrons. The zero-order valence-corrected chi connectivity index (χ0v) is 18.4. The Morgan fingerprint density at radius 1 is 0.852 bits per heavy atom. The second-order valence-electron chi connectivity index (χ2n) is 8.26. The lowest BCUT2D eigenvalue weighted by Crippen LogP contribution is -2.52. The summed E-state index contributed by atoms with van der Waals surface area (Å²) < 4.78 is 0.920. The molecule has 1 N–H and O–H groups in total. The van der Waals surface area contributed by atoms with Gasteiger partial charge >= 0.3 is 0 Å². The van der Waals surface area contributed by atoms with Gasteiger partial charge in [-0.2, -0.15) is 0 Å². The number of allylic oxidation sites excluding steroid dienone is 2. The summed E-state index contributed by atoms with van der Waals surface area (Å²) in [5, 5.41) is 9.36. The summed E-state index contributed by atoms with van der Waals surface area (Å²) in [6, 6.07) is 0. The number of aliphatic hydroxyl groups is 1. The first-order valence-corrected chi connectivity index (χ1v) is 11.9. The highest BCUT2D eigenvalue weighted by Crippen LogP contribution is 2.18. The van der Waals surface area contributed by atoms with Crippen molar-refractivity contribution >= 4 is 5.84 Å². The Balaban J connectivity index is 1.95. The molecule has 0 amide bonds. The fourth-order valence-electron chi connectivity index (χ4n) is 4.27. The topological polar surface area (TPSA) is 32.6 Å². The first-order chi connectivity index (χ1) is 13.3. The van der Waals surface area contributed by atoms with Crippen LogP contribution < -0.4 is 0 Å². The van der Waals surface area contributed by atoms with Crippen LogP contribution in [0.4, 0.5) is 0 Å². The second kappa shape index (κ2) is 16.3. The van der Waals surface area contributed by atoms with E-state index in [0.29, 0.717) is 0 Å². The van der Waals surface area contributed by atoms with E-state index < -0.39 is 0 Å². The van der Waals surface area contributed by atoms with Gasteiger partial charge in [0.2, 0.25) is 0 Å². The Kier molecular flexibility index (Phi) is 14.7. The molecule has 1 rings (SSSR count). The molecule has 3 heteroatoms. The Morgan fingerprint density at radius 3 is 2.04 bits per heavy atom. The number of aliphatic hydroxyl groups excluding tert-OH is 1. The smallest absolute Gasteiger partial charge is 0.198 e. The molecule has 158 valence electrons. The number of hydrogen-bond donors (Lipinski definition) is 1. The van der Waals surface area contributed by atoms with Gasteiger partial charge < -0.3 is 5.11 Å². The molecule has 0 aliphatic carbocycles. The lowest BCUT2D eigenvalue weighted by Gasteiger charge is -2.32. The summed E-state index contributed by atoms with van der Waals surface area (Å²) in [6.45, 7) is 8.68. The number of quaternary nitrogens is 1. The molecular formula is C24H47N2O+. The molecule has 0 aromatic heterocycles. The molecule has 0 saturated heterocycles. The Bertz CT molecular complexity index is 405. The van der Waals surface area contributed by atoms with Crippen molar-refractivity contribution in [3.05, 3.63) is 12.2 Å². The normalized spacial score (nSPS) is 19.9. The lowest BCUT2D eigenvalue weighted by atomic mass is 10.1. The van der Waals surface area contributed by atoms with Crippen molar-refractivity contribution in [3.8, 4) is 0 Å². The summed E-state index contributed by atoms with van der Waals surface area (Å²) in [5.74, 6) is 1.31. The molecule has 0 bridgehead atoms. The third-order valence-electron chi connectivity index (χ3n) is 6.18. The van der Waals surface area contributed by atoms with E-state index in [2.05, 4.69) is 26.0 Å². The largest absolute Gasteiger partial charge is 0.390 e. The van der Waals surface area contributed by atoms with Crippen molar-refractivity contribution in [2.45, 2.75) is 104 Å². The molecule has 1 aliphatic heterocycles. The van der Waals surface area contributed by atoms with Gasteiger partial charge in [0.15, 0.2) is 5.84 Å². The molecule has 1 atom stereocenters. The number of likely N-dealkylation sites (N-methyl/N-ethyl adjacent to an activating group) is 1. The van der Waals surface area contributed by atoms with Crippen LogP contribution in [-0.4, -0.2) is 48.2 Å². The lowest BCUT2D eigenvalue weighted by molar-refractivity contribution is -0.835. The Morgan fingerprint density at radius 2 is 1.44 bits per heavy atom. The molecule has 0 fully saturated rings. The minimum Gasteiger partial charge on any atom is -0.390 e. The minimum absolute atomic E-state index is 0.265. The highest BCUT2D eigenvalue weighted by atomic mass is 16.3. The summed E-state index contributed by atoms with van der Waals surface area (Å²) in [6.07, 6.45) is 23.7. The van der Waals surface area contributed by atoms with E-state index in [4.69, 9.17) is 4.99 Å². The van der Waals surface area contributed by atoms with E-state index in [9.17, 15) is 5.11 Å². The first-order valence-electron chi connectivity index (χ1n) is 11.9. The average Bonchev–Trinajstić information content (AvgIpc) is 3.08. The maximum absolute atomic E-state index is 9.36. The van der Waals surface area contributed by atoms with Crippen molar-refractivity contribution in [3.63, 3.8) is 0 Å². The number of aliphatic imine (C=N–C) groups is 1. The van der Waals surface area contributed by atoms with Crippen LogP contribution in [-0.2, 0) is 0 Å². The molecule has 0 saturated carbocycles. The number of rotatable bonds is 18. The molecular weight excluding hydrogens is 332 g/mol. The first kappa shape index (κ1) is 24.4. The number of unbranched alkanes of at least 4 members (excludes halogenated alkanes) is 11. The second-order valence-corrected chi connectivity index (χ2v) is 8.26. The van der Waals surface area contributed by atoms with E-state index in [1.165, 1.54) is 82.9 Å². The van der Waals surface area contributed by atoms with Gasteiger partial charge in [0, 0.05) is 6.42 Å². The molecule has 1 heterocycles. The third kappa shape index (κ3) is 10.4. The molecule has 0 aromatic carbocycles. The maximum Gasteiger partial charge on any atom is 0.198 e. The summed E-state index contributed by atoms with van der Waals surface area (Å²) in [7, 11) is 0. The predicted molar refractivity (Wildman–Crippen MR) is 119 cm³/mol. The van der Waals surface area contributed by atoms with Gasteiger partial charge in [-0.25, -0.2) is 4.99 Å². The van der Waals surface area contributed by atoms with Gasteiger partial charge in [0.1, 0.15) is 13.1 Å². The summed E-state index contributed by atoms with van der Waals surface area (Å²) >= 11 is 0. The zero-order chi connectivity index (χ0) is 19.6. The van der Waals surface area contributed by atoms with Crippen LogP contribution in [0.2, 0.25) is 0 Å². The van der Waals surface area contributed by atoms with E-state index in [0.717, 1.165) is 43.5 Å². The van der Waals surface area contributed by atoms with Gasteiger partial charge in [-0.3, -0.25) is 4.48 Å². The average molecular weight is 380 g/mol. The third-order valence-corrected chi connectivity index (χ3v) is 6.18. The maximum atomic E-state index is 9.36. The van der Waals surface area contributed by atoms with Gasteiger partial charge in [0.25, 0.3) is 0 Å². The fraction of sp³-hybridized carbons (Fsp3) is 0.875. The summed E-state index contributed by atoms with van der Waals surface area (Å²) in [5.41, 5.74) is 0. The fourth-order valence-corrected chi connectivity index (χ4v) is 4.27. The van der Waals surface area contributed by atoms with Crippen molar-refractivity contribution in [1.29, 1.82) is 0 Å². The van der Waals surface area contributed by atoms with E-state index >= 15 is 0 Å². The standard InChI is InChI=1S/C24H47N2O/c1-3-5-6-7-8-9-10-11-12-13-14-15-16-17-18-19-24-25-20-21-26(24,4-2)22-23-27/h16-17,27H,3-15,18-23H2,1-2H3/q+1/b17-16+. The number of hydrogen-bond acceptors (Lipinski definition) is 2. The van der Waals surface area contributed by atoms with Crippen LogP contribution in [0.25, 0.3) is 0 Å². The van der Waals surface area contributed by atoms with Crippen LogP contribution >= 0.6 is 0 Å². The molecule has 3 nitrogen and oxygen atoms in total. The number of nitrogens with zero attached hydrogens (tertiary/aromatic N) is 2. The van der Waals surface area contributed by atoms with Gasteiger partial charge in [-0.05, 0) is 26.2 Å². The minimum atomic E-state index is 0.265. The Labute approximate surface area is 169 Å². The van der Waals surface area contributed by atoms with Crippen molar-refractivity contribution < 1.29 is 9.59 Å². The van der Waals surface area contributed by atoms with E-state index in [1.807, 2.05) is 0 Å². The van der Waals surface area contributed by atoms with E-state index in [-0.39, 0.29) is 6.61 Å². The molecule has 0 spiro atoms. The van der Waals surface area contributed by atoms with Crippen LogP contribution in [0.15, 0.2) is 17.1 Å². The van der Waals surface area contributed by atoms with Crippen molar-refractivity contribution in [1.82, 2.24) is 0 Å². The van der Waals surface area contributed by atoms with Crippen molar-refractivity contribution in [2.75, 3.05) is 32.8 Å². The molecule has 1 aliphatic rings. The zero-order valence-electron chi connectivity index (χ0n) is 18.4. The van der Waals surface area contributed by atoms with E-state index in [1.54, 1.807) is 0 Å². The van der Waals surface area contributed by atoms with Crippen LogP contribution in [0.3, 0.4) is 0 Å². The van der Waals surface area contributed by atoms with Gasteiger partial charge in [-0.1, -0.05) is 83.3 Å². The van der Waals surface area contributed by atoms with Crippen LogP contribution in [0, 0.1) is 0 Å². The number of amidine groups is 1. The molecule has 1 unspecified atom stereocenters. The molecule has 0 aromatic rings. The quantitative estimate of drug-likeness (QED) is 0.170. The summed E-state index contributed by atoms with van der Waals surface area (Å²) in [4.78, 5) is 4.73. The van der Waals surface area contributed by atoms with Crippen LogP contribution in [0.1, 0.15) is 104 Å². The Hall–Kier alpha value is -0.670. The highest BCUT2D eigenvalue weighted by molar-refractivity contribution is 5.77.